The number of rotatable bonds is 3. The number of amides is 2. The van der Waals surface area contributed by atoms with Gasteiger partial charge in [-0.05, 0) is 52.9 Å². The Kier molecular flexibility index (Phi) is 4.61. The Morgan fingerprint density at radius 3 is 2.37 bits per heavy atom. The Hall–Kier alpha value is -3.77. The van der Waals surface area contributed by atoms with Crippen LogP contribution in [0, 0.1) is 0 Å². The minimum atomic E-state index is -0.712. The summed E-state index contributed by atoms with van der Waals surface area (Å²) < 4.78 is 1.21. The number of carbonyl (C=O) groups excluding carboxylic acids is 2. The van der Waals surface area contributed by atoms with Gasteiger partial charge in [0.25, 0.3) is 0 Å². The zero-order valence-corrected chi connectivity index (χ0v) is 16.7. The molecule has 0 radical (unpaired) electrons. The highest BCUT2D eigenvalue weighted by molar-refractivity contribution is 7.22. The van der Waals surface area contributed by atoms with Crippen LogP contribution in [0.15, 0.2) is 77.8 Å². The monoisotopic (exact) mass is 411 g/mol. The van der Waals surface area contributed by atoms with Gasteiger partial charge in [-0.1, -0.05) is 36.4 Å². The molecule has 2 heterocycles. The van der Waals surface area contributed by atoms with Gasteiger partial charge in [-0.2, -0.15) is 0 Å². The van der Waals surface area contributed by atoms with Gasteiger partial charge in [-0.25, -0.2) is 0 Å². The Morgan fingerprint density at radius 1 is 0.833 bits per heavy atom. The molecule has 0 spiro atoms. The van der Waals surface area contributed by atoms with Crippen molar-refractivity contribution in [2.24, 2.45) is 4.99 Å². The maximum atomic E-state index is 12.5. The van der Waals surface area contributed by atoms with Crippen LogP contribution in [0.5, 0.6) is 0 Å². The van der Waals surface area contributed by atoms with E-state index in [1.807, 2.05) is 36.5 Å². The van der Waals surface area contributed by atoms with E-state index in [1.165, 1.54) is 10.1 Å². The SMILES string of the molecule is O=C(Nc1ccccc1)C(=O)Nc1cc2c(c(-c3cc4ccccc4s3)c1)CN=C2. The van der Waals surface area contributed by atoms with Gasteiger partial charge in [0.05, 0.1) is 6.54 Å². The fraction of sp³-hybridized carbons (Fsp3) is 0.0417. The van der Waals surface area contributed by atoms with E-state index in [4.69, 9.17) is 0 Å². The van der Waals surface area contributed by atoms with Gasteiger partial charge in [-0.15, -0.1) is 11.3 Å². The van der Waals surface area contributed by atoms with Gasteiger partial charge in [0.1, 0.15) is 0 Å². The molecule has 3 aromatic carbocycles. The van der Waals surface area contributed by atoms with Crippen LogP contribution in [0.25, 0.3) is 20.5 Å². The Labute approximate surface area is 177 Å². The predicted molar refractivity (Wildman–Crippen MR) is 122 cm³/mol. The molecular weight excluding hydrogens is 394 g/mol. The molecule has 1 aliphatic rings. The highest BCUT2D eigenvalue weighted by atomic mass is 32.1. The molecule has 0 aliphatic carbocycles. The lowest BCUT2D eigenvalue weighted by Gasteiger charge is -2.11. The summed E-state index contributed by atoms with van der Waals surface area (Å²) in [6, 6.07) is 23.1. The van der Waals surface area contributed by atoms with E-state index in [0.717, 1.165) is 21.6 Å². The predicted octanol–water partition coefficient (Wildman–Crippen LogP) is 5.08. The average Bonchev–Trinajstić information content (AvgIpc) is 3.40. The van der Waals surface area contributed by atoms with Gasteiger partial charge < -0.3 is 10.6 Å². The molecule has 5 nitrogen and oxygen atoms in total. The van der Waals surface area contributed by atoms with E-state index in [9.17, 15) is 9.59 Å². The molecule has 4 aromatic rings. The topological polar surface area (TPSA) is 70.6 Å². The van der Waals surface area contributed by atoms with Gasteiger partial charge in [0, 0.05) is 32.7 Å². The van der Waals surface area contributed by atoms with Gasteiger partial charge in [0.2, 0.25) is 0 Å². The van der Waals surface area contributed by atoms with E-state index in [0.29, 0.717) is 17.9 Å². The van der Waals surface area contributed by atoms with Crippen LogP contribution in [0.1, 0.15) is 11.1 Å². The van der Waals surface area contributed by atoms with E-state index in [2.05, 4.69) is 33.8 Å². The highest BCUT2D eigenvalue weighted by Crippen LogP contribution is 2.39. The first-order chi connectivity index (χ1) is 14.7. The quantitative estimate of drug-likeness (QED) is 0.462. The van der Waals surface area contributed by atoms with Gasteiger partial charge >= 0.3 is 11.8 Å². The van der Waals surface area contributed by atoms with E-state index < -0.39 is 11.8 Å². The molecule has 30 heavy (non-hydrogen) atoms. The third kappa shape index (κ3) is 3.49. The molecule has 2 N–H and O–H groups in total. The van der Waals surface area contributed by atoms with E-state index >= 15 is 0 Å². The summed E-state index contributed by atoms with van der Waals surface area (Å²) in [6.45, 7) is 0.613. The van der Waals surface area contributed by atoms with Crippen molar-refractivity contribution in [3.63, 3.8) is 0 Å². The summed E-state index contributed by atoms with van der Waals surface area (Å²) in [6.07, 6.45) is 1.81. The summed E-state index contributed by atoms with van der Waals surface area (Å²) in [5, 5.41) is 6.51. The van der Waals surface area contributed by atoms with E-state index in [-0.39, 0.29) is 0 Å². The van der Waals surface area contributed by atoms with Crippen LogP contribution in [0.4, 0.5) is 11.4 Å². The maximum absolute atomic E-state index is 12.5. The summed E-state index contributed by atoms with van der Waals surface area (Å²) in [7, 11) is 0. The van der Waals surface area contributed by atoms with Crippen molar-refractivity contribution in [2.45, 2.75) is 6.54 Å². The molecule has 0 saturated heterocycles. The molecule has 1 aromatic heterocycles. The summed E-state index contributed by atoms with van der Waals surface area (Å²) in [5.41, 5.74) is 4.27. The summed E-state index contributed by atoms with van der Waals surface area (Å²) in [5.74, 6) is -1.42. The highest BCUT2D eigenvalue weighted by Gasteiger charge is 2.19. The van der Waals surface area contributed by atoms with Crippen LogP contribution in [-0.4, -0.2) is 18.0 Å². The van der Waals surface area contributed by atoms with Crippen molar-refractivity contribution in [2.75, 3.05) is 10.6 Å². The second-order valence-electron chi connectivity index (χ2n) is 6.98. The van der Waals surface area contributed by atoms with Crippen LogP contribution < -0.4 is 10.6 Å². The second kappa shape index (κ2) is 7.57. The first-order valence-corrected chi connectivity index (χ1v) is 10.3. The number of para-hydroxylation sites is 1. The smallest absolute Gasteiger partial charge is 0.314 e. The fourth-order valence-electron chi connectivity index (χ4n) is 3.53. The molecule has 5 rings (SSSR count). The molecule has 1 aliphatic heterocycles. The lowest BCUT2D eigenvalue weighted by atomic mass is 10.0. The van der Waals surface area contributed by atoms with Gasteiger partial charge in [0.15, 0.2) is 0 Å². The molecule has 2 amide bonds. The summed E-state index contributed by atoms with van der Waals surface area (Å²) in [4.78, 5) is 30.2. The standard InChI is InChI=1S/C24H17N3O2S/c28-23(26-17-7-2-1-3-8-17)24(29)27-18-10-16-13-25-14-20(16)19(12-18)22-11-15-6-4-5-9-21(15)30-22/h1-13H,14H2,(H,26,28)(H,27,29). The number of anilines is 2. The molecule has 0 atom stereocenters. The Balaban J connectivity index is 1.44. The number of nitrogens with one attached hydrogen (secondary N) is 2. The Bertz CT molecular complexity index is 1280. The van der Waals surface area contributed by atoms with Crippen LogP contribution in [0.2, 0.25) is 0 Å². The molecule has 146 valence electrons. The number of thiophene rings is 1. The van der Waals surface area contributed by atoms with Crippen molar-refractivity contribution in [3.8, 4) is 10.4 Å². The number of fused-ring (bicyclic) bond motifs is 2. The van der Waals surface area contributed by atoms with Crippen LogP contribution >= 0.6 is 11.3 Å². The molecular formula is C24H17N3O2S. The van der Waals surface area contributed by atoms with Crippen LogP contribution in [-0.2, 0) is 16.1 Å². The summed E-state index contributed by atoms with van der Waals surface area (Å²) >= 11 is 1.70. The number of benzene rings is 3. The maximum Gasteiger partial charge on any atom is 0.314 e. The molecule has 6 heteroatoms. The molecule has 0 bridgehead atoms. The van der Waals surface area contributed by atoms with Gasteiger partial charge in [-0.3, -0.25) is 14.6 Å². The third-order valence-corrected chi connectivity index (χ3v) is 6.10. The third-order valence-electron chi connectivity index (χ3n) is 4.95. The fourth-order valence-corrected chi connectivity index (χ4v) is 4.63. The largest absolute Gasteiger partial charge is 0.318 e. The van der Waals surface area contributed by atoms with Crippen molar-refractivity contribution in [1.29, 1.82) is 0 Å². The molecule has 0 unspecified atom stereocenters. The zero-order valence-electron chi connectivity index (χ0n) is 15.9. The first-order valence-electron chi connectivity index (χ1n) is 9.50. The number of hydrogen-bond acceptors (Lipinski definition) is 4. The number of carbonyl (C=O) groups is 2. The van der Waals surface area contributed by atoms with Crippen molar-refractivity contribution in [1.82, 2.24) is 0 Å². The lowest BCUT2D eigenvalue weighted by molar-refractivity contribution is -0.132. The van der Waals surface area contributed by atoms with Crippen molar-refractivity contribution >= 4 is 50.8 Å². The van der Waals surface area contributed by atoms with E-state index in [1.54, 1.807) is 35.6 Å². The minimum absolute atomic E-state index is 0.572. The van der Waals surface area contributed by atoms with Crippen molar-refractivity contribution in [3.05, 3.63) is 83.9 Å². The zero-order chi connectivity index (χ0) is 20.5. The normalized spacial score (nSPS) is 12.0. The van der Waals surface area contributed by atoms with Crippen molar-refractivity contribution < 1.29 is 9.59 Å². The Morgan fingerprint density at radius 2 is 1.57 bits per heavy atom. The molecule has 0 fully saturated rings. The average molecular weight is 411 g/mol. The number of hydrogen-bond donors (Lipinski definition) is 2. The number of nitrogens with zero attached hydrogens (tertiary/aromatic N) is 1. The number of aliphatic imine (C=N–C) groups is 1. The first kappa shape index (κ1) is 18.3. The lowest BCUT2D eigenvalue weighted by Crippen LogP contribution is -2.29. The minimum Gasteiger partial charge on any atom is -0.318 e. The molecule has 0 saturated carbocycles. The second-order valence-corrected chi connectivity index (χ2v) is 8.07. The van der Waals surface area contributed by atoms with Crippen LogP contribution in [0.3, 0.4) is 0 Å².